The maximum absolute atomic E-state index is 11.8. The highest BCUT2D eigenvalue weighted by Gasteiger charge is 2.24. The summed E-state index contributed by atoms with van der Waals surface area (Å²) in [5.41, 5.74) is 7.42. The molecule has 0 spiro atoms. The summed E-state index contributed by atoms with van der Waals surface area (Å²) in [4.78, 5) is 35.2. The average molecular weight is 442 g/mol. The lowest BCUT2D eigenvalue weighted by Gasteiger charge is -2.21. The predicted molar refractivity (Wildman–Crippen MR) is 121 cm³/mol. The summed E-state index contributed by atoms with van der Waals surface area (Å²) in [5.74, 6) is -1.61. The van der Waals surface area contributed by atoms with E-state index in [1.54, 1.807) is 0 Å². The van der Waals surface area contributed by atoms with Crippen LogP contribution in [0.4, 0.5) is 4.79 Å². The quantitative estimate of drug-likeness (QED) is 0.333. The lowest BCUT2D eigenvalue weighted by atomic mass is 10.0. The van der Waals surface area contributed by atoms with E-state index in [2.05, 4.69) is 10.6 Å². The number of carboxylic acid groups (broad SMARTS) is 1. The van der Waals surface area contributed by atoms with E-state index < -0.39 is 30.1 Å². The van der Waals surface area contributed by atoms with Crippen LogP contribution in [0.1, 0.15) is 36.8 Å². The van der Waals surface area contributed by atoms with Gasteiger partial charge in [-0.15, -0.1) is 0 Å². The van der Waals surface area contributed by atoms with Crippen LogP contribution in [-0.4, -0.2) is 41.7 Å². The van der Waals surface area contributed by atoms with Gasteiger partial charge in [-0.05, 0) is 43.2 Å². The molecular formula is C24H31N3O5. The third kappa shape index (κ3) is 9.61. The van der Waals surface area contributed by atoms with E-state index in [1.807, 2.05) is 60.7 Å². The first-order valence-corrected chi connectivity index (χ1v) is 10.7. The van der Waals surface area contributed by atoms with E-state index in [0.29, 0.717) is 38.6 Å². The highest BCUT2D eigenvalue weighted by molar-refractivity contribution is 5.81. The number of ether oxygens (including phenoxy) is 1. The molecule has 0 bridgehead atoms. The van der Waals surface area contributed by atoms with Gasteiger partial charge in [0.25, 0.3) is 0 Å². The van der Waals surface area contributed by atoms with Crippen molar-refractivity contribution in [1.82, 2.24) is 10.6 Å². The van der Waals surface area contributed by atoms with Crippen molar-refractivity contribution in [2.45, 2.75) is 50.8 Å². The fourth-order valence-corrected chi connectivity index (χ4v) is 3.22. The fraction of sp³-hybridized carbons (Fsp3) is 0.375. The number of alkyl carbamates (subject to hydrolysis) is 1. The van der Waals surface area contributed by atoms with E-state index in [9.17, 15) is 19.5 Å². The number of carbonyl (C=O) groups excluding carboxylic acids is 2. The summed E-state index contributed by atoms with van der Waals surface area (Å²) in [6.45, 7) is 0.558. The van der Waals surface area contributed by atoms with Crippen molar-refractivity contribution >= 4 is 18.0 Å². The van der Waals surface area contributed by atoms with Gasteiger partial charge in [0.15, 0.2) is 0 Å². The normalized spacial score (nSPS) is 12.5. The second-order valence-electron chi connectivity index (χ2n) is 7.52. The number of carbonyl (C=O) groups is 3. The monoisotopic (exact) mass is 441 g/mol. The van der Waals surface area contributed by atoms with Gasteiger partial charge >= 0.3 is 12.1 Å². The van der Waals surface area contributed by atoms with Gasteiger partial charge in [-0.25, -0.2) is 4.79 Å². The average Bonchev–Trinajstić information content (AvgIpc) is 2.79. The molecule has 172 valence electrons. The molecule has 2 aromatic carbocycles. The number of benzene rings is 2. The first-order valence-electron chi connectivity index (χ1n) is 10.7. The van der Waals surface area contributed by atoms with E-state index in [4.69, 9.17) is 10.5 Å². The Bertz CT molecular complexity index is 845. The molecule has 0 aliphatic carbocycles. The van der Waals surface area contributed by atoms with Gasteiger partial charge in [0.2, 0.25) is 5.91 Å². The number of unbranched alkanes of at least 4 members (excludes halogenated alkanes) is 1. The van der Waals surface area contributed by atoms with Crippen molar-refractivity contribution in [1.29, 1.82) is 0 Å². The number of hydrogen-bond donors (Lipinski definition) is 4. The Hall–Kier alpha value is -3.39. The maximum atomic E-state index is 11.8. The first-order chi connectivity index (χ1) is 15.5. The Balaban J connectivity index is 1.68. The Kier molecular flexibility index (Phi) is 10.7. The highest BCUT2D eigenvalue weighted by Crippen LogP contribution is 2.08. The molecule has 0 aliphatic rings. The molecule has 8 heteroatoms. The number of aliphatic carboxylic acids is 1. The molecule has 0 unspecified atom stereocenters. The van der Waals surface area contributed by atoms with Crippen LogP contribution in [0.2, 0.25) is 0 Å². The van der Waals surface area contributed by atoms with Crippen molar-refractivity contribution in [3.05, 3.63) is 71.8 Å². The van der Waals surface area contributed by atoms with Crippen LogP contribution in [0.5, 0.6) is 0 Å². The van der Waals surface area contributed by atoms with Crippen LogP contribution >= 0.6 is 0 Å². The van der Waals surface area contributed by atoms with E-state index >= 15 is 0 Å². The number of carboxylic acids is 1. The Morgan fingerprint density at radius 2 is 1.50 bits per heavy atom. The molecule has 5 N–H and O–H groups in total. The summed E-state index contributed by atoms with van der Waals surface area (Å²) >= 11 is 0. The zero-order valence-corrected chi connectivity index (χ0v) is 18.0. The van der Waals surface area contributed by atoms with Gasteiger partial charge < -0.3 is 20.9 Å². The Morgan fingerprint density at radius 1 is 0.875 bits per heavy atom. The number of hydrogen-bond acceptors (Lipinski definition) is 5. The van der Waals surface area contributed by atoms with Gasteiger partial charge in [0.05, 0.1) is 6.04 Å². The first kappa shape index (κ1) is 24.9. The van der Waals surface area contributed by atoms with E-state index in [0.717, 1.165) is 11.1 Å². The topological polar surface area (TPSA) is 131 Å². The Labute approximate surface area is 188 Å². The number of nitrogens with one attached hydrogen (secondary N) is 2. The lowest BCUT2D eigenvalue weighted by molar-refractivity contribution is -0.140. The molecule has 0 aliphatic heterocycles. The number of amides is 2. The van der Waals surface area contributed by atoms with Crippen molar-refractivity contribution in [3.8, 4) is 0 Å². The lowest BCUT2D eigenvalue weighted by Crippen LogP contribution is -2.49. The summed E-state index contributed by atoms with van der Waals surface area (Å²) in [7, 11) is 0. The van der Waals surface area contributed by atoms with Crippen molar-refractivity contribution < 1.29 is 24.2 Å². The summed E-state index contributed by atoms with van der Waals surface area (Å²) < 4.78 is 5.13. The standard InChI is InChI=1S/C24H31N3O5/c25-22(28)20(15-14-18-9-3-1-4-10-18)27-21(23(29)30)13-7-8-16-26-24(31)32-17-19-11-5-2-6-12-19/h1-6,9-12,20-21,27H,7-8,13-17H2,(H2,25,28)(H,26,31)(H,29,30)/t20-,21-/m0/s1. The minimum atomic E-state index is -1.04. The van der Waals surface area contributed by atoms with Crippen LogP contribution in [0.3, 0.4) is 0 Å². The molecule has 2 aromatic rings. The molecule has 8 nitrogen and oxygen atoms in total. The van der Waals surface area contributed by atoms with Crippen molar-refractivity contribution in [2.75, 3.05) is 6.54 Å². The smallest absolute Gasteiger partial charge is 0.407 e. The fourth-order valence-electron chi connectivity index (χ4n) is 3.22. The van der Waals surface area contributed by atoms with Crippen LogP contribution in [-0.2, 0) is 27.4 Å². The molecule has 0 heterocycles. The number of aryl methyl sites for hydroxylation is 1. The van der Waals surface area contributed by atoms with Gasteiger partial charge in [-0.2, -0.15) is 0 Å². The van der Waals surface area contributed by atoms with Gasteiger partial charge in [0, 0.05) is 6.54 Å². The van der Waals surface area contributed by atoms with Gasteiger partial charge in [-0.3, -0.25) is 14.9 Å². The summed E-state index contributed by atoms with van der Waals surface area (Å²) in [6, 6.07) is 17.4. The molecular weight excluding hydrogens is 410 g/mol. The molecule has 0 saturated heterocycles. The third-order valence-electron chi connectivity index (χ3n) is 5.01. The number of nitrogens with two attached hydrogens (primary N) is 1. The molecule has 2 rings (SSSR count). The molecule has 0 saturated carbocycles. The van der Waals surface area contributed by atoms with E-state index in [1.165, 1.54) is 0 Å². The third-order valence-corrected chi connectivity index (χ3v) is 5.01. The minimum absolute atomic E-state index is 0.190. The zero-order valence-electron chi connectivity index (χ0n) is 18.0. The molecule has 2 amide bonds. The van der Waals surface area contributed by atoms with Crippen molar-refractivity contribution in [2.24, 2.45) is 5.73 Å². The molecule has 32 heavy (non-hydrogen) atoms. The molecule has 2 atom stereocenters. The summed E-state index contributed by atoms with van der Waals surface area (Å²) in [5, 5.41) is 15.0. The zero-order chi connectivity index (χ0) is 23.2. The van der Waals surface area contributed by atoms with Crippen LogP contribution in [0.25, 0.3) is 0 Å². The van der Waals surface area contributed by atoms with Gasteiger partial charge in [0.1, 0.15) is 12.6 Å². The minimum Gasteiger partial charge on any atom is -0.480 e. The number of primary amides is 1. The van der Waals surface area contributed by atoms with Gasteiger partial charge in [-0.1, -0.05) is 60.7 Å². The van der Waals surface area contributed by atoms with E-state index in [-0.39, 0.29) is 6.61 Å². The molecule has 0 fully saturated rings. The summed E-state index contributed by atoms with van der Waals surface area (Å²) in [6.07, 6.45) is 1.95. The largest absolute Gasteiger partial charge is 0.480 e. The molecule has 0 radical (unpaired) electrons. The Morgan fingerprint density at radius 3 is 2.09 bits per heavy atom. The SMILES string of the molecule is NC(=O)[C@H](CCc1ccccc1)N[C@@H](CCCCNC(=O)OCc1ccccc1)C(=O)O. The second-order valence-corrected chi connectivity index (χ2v) is 7.52. The molecule has 0 aromatic heterocycles. The maximum Gasteiger partial charge on any atom is 0.407 e. The van der Waals surface area contributed by atoms with Crippen molar-refractivity contribution in [3.63, 3.8) is 0 Å². The van der Waals surface area contributed by atoms with Crippen LogP contribution in [0.15, 0.2) is 60.7 Å². The highest BCUT2D eigenvalue weighted by atomic mass is 16.5. The number of rotatable bonds is 14. The van der Waals surface area contributed by atoms with Crippen LogP contribution < -0.4 is 16.4 Å². The second kappa shape index (κ2) is 13.8. The predicted octanol–water partition coefficient (Wildman–Crippen LogP) is 2.61. The van der Waals surface area contributed by atoms with Crippen LogP contribution in [0, 0.1) is 0 Å².